The van der Waals surface area contributed by atoms with E-state index in [2.05, 4.69) is 38.9 Å². The van der Waals surface area contributed by atoms with Gasteiger partial charge in [0, 0.05) is 22.2 Å². The summed E-state index contributed by atoms with van der Waals surface area (Å²) in [5.41, 5.74) is 6.90. The van der Waals surface area contributed by atoms with Gasteiger partial charge < -0.3 is 10.3 Å². The molecular formula is C25H20N4OS2. The van der Waals surface area contributed by atoms with E-state index >= 15 is 0 Å². The standard InChI is InChI=1S/C25H20N4OS2/c1-16-7-12-20-21(13-16)29-25(28-20)32-15-23(30)26-19-10-8-17(9-11-19)22-14-31-24(27-22)18-5-3-2-4-6-18/h2-14H,15H2,1H3,(H,26,30)(H,28,29). The summed E-state index contributed by atoms with van der Waals surface area (Å²) in [5.74, 6) is 0.215. The fourth-order valence-corrected chi connectivity index (χ4v) is 4.86. The van der Waals surface area contributed by atoms with Crippen molar-refractivity contribution in [3.8, 4) is 21.8 Å². The zero-order valence-corrected chi connectivity index (χ0v) is 19.0. The molecule has 5 aromatic rings. The third-order valence-corrected chi connectivity index (χ3v) is 6.71. The first-order valence-electron chi connectivity index (χ1n) is 10.1. The zero-order chi connectivity index (χ0) is 21.9. The van der Waals surface area contributed by atoms with Gasteiger partial charge in [-0.05, 0) is 36.8 Å². The van der Waals surface area contributed by atoms with Crippen molar-refractivity contribution in [2.45, 2.75) is 12.1 Å². The van der Waals surface area contributed by atoms with Crippen LogP contribution in [-0.4, -0.2) is 26.6 Å². The predicted molar refractivity (Wildman–Crippen MR) is 133 cm³/mol. The largest absolute Gasteiger partial charge is 0.333 e. The van der Waals surface area contributed by atoms with Gasteiger partial charge in [0.2, 0.25) is 5.91 Å². The number of nitrogens with zero attached hydrogens (tertiary/aromatic N) is 2. The highest BCUT2D eigenvalue weighted by Gasteiger charge is 2.09. The number of nitrogens with one attached hydrogen (secondary N) is 2. The number of aromatic nitrogens is 3. The number of hydrogen-bond acceptors (Lipinski definition) is 5. The quantitative estimate of drug-likeness (QED) is 0.290. The molecule has 0 fully saturated rings. The van der Waals surface area contributed by atoms with Gasteiger partial charge in [-0.25, -0.2) is 9.97 Å². The lowest BCUT2D eigenvalue weighted by Crippen LogP contribution is -2.14. The summed E-state index contributed by atoms with van der Waals surface area (Å²) in [4.78, 5) is 24.9. The first kappa shape index (κ1) is 20.5. The number of hydrogen-bond donors (Lipinski definition) is 2. The Balaban J connectivity index is 1.20. The van der Waals surface area contributed by atoms with Gasteiger partial charge in [-0.3, -0.25) is 4.79 Å². The molecule has 2 N–H and O–H groups in total. The van der Waals surface area contributed by atoms with Gasteiger partial charge in [0.1, 0.15) is 5.01 Å². The smallest absolute Gasteiger partial charge is 0.234 e. The molecule has 158 valence electrons. The van der Waals surface area contributed by atoms with Crippen LogP contribution < -0.4 is 5.32 Å². The van der Waals surface area contributed by atoms with E-state index in [1.165, 1.54) is 17.3 Å². The number of fused-ring (bicyclic) bond motifs is 1. The summed E-state index contributed by atoms with van der Waals surface area (Å²) in [6.45, 7) is 2.04. The molecule has 1 amide bonds. The van der Waals surface area contributed by atoms with Crippen LogP contribution >= 0.6 is 23.1 Å². The zero-order valence-electron chi connectivity index (χ0n) is 17.3. The van der Waals surface area contributed by atoms with Crippen molar-refractivity contribution in [3.63, 3.8) is 0 Å². The van der Waals surface area contributed by atoms with Gasteiger partial charge >= 0.3 is 0 Å². The van der Waals surface area contributed by atoms with E-state index in [0.29, 0.717) is 0 Å². The maximum atomic E-state index is 12.4. The van der Waals surface area contributed by atoms with Crippen LogP contribution in [0.15, 0.2) is 83.3 Å². The Morgan fingerprint density at radius 2 is 1.81 bits per heavy atom. The molecule has 0 spiro atoms. The van der Waals surface area contributed by atoms with E-state index in [-0.39, 0.29) is 11.7 Å². The van der Waals surface area contributed by atoms with Crippen LogP contribution in [0.1, 0.15) is 5.56 Å². The number of thioether (sulfide) groups is 1. The first-order valence-corrected chi connectivity index (χ1v) is 12.0. The first-order chi connectivity index (χ1) is 15.6. The number of thiazole rings is 1. The molecular weight excluding hydrogens is 436 g/mol. The average molecular weight is 457 g/mol. The number of benzene rings is 3. The highest BCUT2D eigenvalue weighted by molar-refractivity contribution is 7.99. The van der Waals surface area contributed by atoms with Gasteiger partial charge in [0.05, 0.1) is 22.5 Å². The van der Waals surface area contributed by atoms with E-state index in [0.717, 1.165) is 43.7 Å². The van der Waals surface area contributed by atoms with Gasteiger partial charge in [0.25, 0.3) is 0 Å². The summed E-state index contributed by atoms with van der Waals surface area (Å²) >= 11 is 3.02. The molecule has 0 aliphatic rings. The molecule has 5 rings (SSSR count). The molecule has 0 saturated carbocycles. The van der Waals surface area contributed by atoms with Crippen molar-refractivity contribution < 1.29 is 4.79 Å². The van der Waals surface area contributed by atoms with Gasteiger partial charge in [-0.1, -0.05) is 60.3 Å². The van der Waals surface area contributed by atoms with Crippen LogP contribution in [0.4, 0.5) is 5.69 Å². The normalized spacial score (nSPS) is 11.0. The van der Waals surface area contributed by atoms with Crippen LogP contribution in [0, 0.1) is 6.92 Å². The Bertz CT molecular complexity index is 1370. The van der Waals surface area contributed by atoms with Crippen molar-refractivity contribution in [1.82, 2.24) is 15.0 Å². The SMILES string of the molecule is Cc1ccc2nc(SCC(=O)Nc3ccc(-c4csc(-c5ccccc5)n4)cc3)[nH]c2c1. The van der Waals surface area contributed by atoms with Crippen LogP contribution in [0.3, 0.4) is 0 Å². The fourth-order valence-electron chi connectivity index (χ4n) is 3.34. The van der Waals surface area contributed by atoms with E-state index < -0.39 is 0 Å². The lowest BCUT2D eigenvalue weighted by atomic mass is 10.1. The number of aryl methyl sites for hydroxylation is 1. The Morgan fingerprint density at radius 1 is 1.00 bits per heavy atom. The lowest BCUT2D eigenvalue weighted by Gasteiger charge is -2.05. The Morgan fingerprint density at radius 3 is 2.62 bits per heavy atom. The van der Waals surface area contributed by atoms with E-state index in [4.69, 9.17) is 4.98 Å². The summed E-state index contributed by atoms with van der Waals surface area (Å²) in [6, 6.07) is 24.0. The maximum Gasteiger partial charge on any atom is 0.234 e. The molecule has 0 unspecified atom stereocenters. The molecule has 0 saturated heterocycles. The van der Waals surface area contributed by atoms with Crippen LogP contribution in [0.25, 0.3) is 32.9 Å². The van der Waals surface area contributed by atoms with E-state index in [9.17, 15) is 4.79 Å². The molecule has 3 aromatic carbocycles. The average Bonchev–Trinajstić information content (AvgIpc) is 3.46. The minimum Gasteiger partial charge on any atom is -0.333 e. The number of H-pyrrole nitrogens is 1. The number of aromatic amines is 1. The number of amides is 1. The second kappa shape index (κ2) is 8.98. The van der Waals surface area contributed by atoms with Crippen molar-refractivity contribution in [3.05, 3.63) is 83.7 Å². The fraction of sp³-hybridized carbons (Fsp3) is 0.0800. The highest BCUT2D eigenvalue weighted by atomic mass is 32.2. The molecule has 0 bridgehead atoms. The molecule has 7 heteroatoms. The number of anilines is 1. The van der Waals surface area contributed by atoms with Crippen molar-refractivity contribution in [1.29, 1.82) is 0 Å². The molecule has 32 heavy (non-hydrogen) atoms. The Hall–Kier alpha value is -3.42. The van der Waals surface area contributed by atoms with Crippen molar-refractivity contribution in [2.75, 3.05) is 11.1 Å². The lowest BCUT2D eigenvalue weighted by molar-refractivity contribution is -0.113. The highest BCUT2D eigenvalue weighted by Crippen LogP contribution is 2.29. The van der Waals surface area contributed by atoms with Crippen molar-refractivity contribution >= 4 is 45.7 Å². The Labute approximate surface area is 194 Å². The van der Waals surface area contributed by atoms with Crippen LogP contribution in [0.2, 0.25) is 0 Å². The van der Waals surface area contributed by atoms with Gasteiger partial charge in [-0.2, -0.15) is 0 Å². The van der Waals surface area contributed by atoms with Crippen LogP contribution in [0.5, 0.6) is 0 Å². The number of carbonyl (C=O) groups is 1. The molecule has 0 radical (unpaired) electrons. The molecule has 0 atom stereocenters. The number of rotatable bonds is 6. The topological polar surface area (TPSA) is 70.7 Å². The summed E-state index contributed by atoms with van der Waals surface area (Å²) < 4.78 is 0. The maximum absolute atomic E-state index is 12.4. The monoisotopic (exact) mass is 456 g/mol. The van der Waals surface area contributed by atoms with Crippen LogP contribution in [-0.2, 0) is 4.79 Å². The van der Waals surface area contributed by atoms with E-state index in [1.807, 2.05) is 61.5 Å². The van der Waals surface area contributed by atoms with Crippen molar-refractivity contribution in [2.24, 2.45) is 0 Å². The van der Waals surface area contributed by atoms with E-state index in [1.54, 1.807) is 11.3 Å². The Kier molecular flexibility index (Phi) is 5.75. The third-order valence-electron chi connectivity index (χ3n) is 4.94. The molecule has 2 aromatic heterocycles. The molecule has 0 aliphatic heterocycles. The second-order valence-corrected chi connectivity index (χ2v) is 9.20. The predicted octanol–water partition coefficient (Wildman–Crippen LogP) is 6.39. The summed E-state index contributed by atoms with van der Waals surface area (Å²) in [7, 11) is 0. The van der Waals surface area contributed by atoms with Gasteiger partial charge in [0.15, 0.2) is 5.16 Å². The minimum absolute atomic E-state index is 0.0700. The number of carbonyl (C=O) groups excluding carboxylic acids is 1. The molecule has 2 heterocycles. The minimum atomic E-state index is -0.0700. The molecule has 0 aliphatic carbocycles. The second-order valence-electron chi connectivity index (χ2n) is 7.38. The van der Waals surface area contributed by atoms with Gasteiger partial charge in [-0.15, -0.1) is 11.3 Å². The summed E-state index contributed by atoms with van der Waals surface area (Å²) in [6.07, 6.45) is 0. The number of imidazole rings is 1. The summed E-state index contributed by atoms with van der Waals surface area (Å²) in [5, 5.41) is 6.74. The third kappa shape index (κ3) is 4.59. The molecule has 5 nitrogen and oxygen atoms in total.